The number of imidazole rings is 1. The predicted molar refractivity (Wildman–Crippen MR) is 490 cm³/mol. The van der Waals surface area contributed by atoms with Gasteiger partial charge in [-0.15, -0.1) is 40.1 Å². The van der Waals surface area contributed by atoms with Crippen LogP contribution < -0.4 is 51.1 Å². The second-order valence-corrected chi connectivity index (χ2v) is 50.4. The van der Waals surface area contributed by atoms with Crippen LogP contribution in [0.4, 0.5) is 39.6 Å². The first kappa shape index (κ1) is 96.6. The number of nitrogens with one attached hydrogen (secondary N) is 3. The molecule has 23 N–H and O–H groups in total. The van der Waals surface area contributed by atoms with E-state index in [-0.39, 0.29) is 90.6 Å². The number of thiol groups is 1. The van der Waals surface area contributed by atoms with Crippen molar-refractivity contribution in [2.45, 2.75) is 144 Å². The molecule has 21 heterocycles. The quantitative estimate of drug-likeness (QED) is 0.0585. The summed E-state index contributed by atoms with van der Waals surface area (Å²) in [5.41, 5.74) is 33.6. The number of alkyl halides is 1. The molecule has 12 aromatic heterocycles. The third-order valence-corrected chi connectivity index (χ3v) is 34.8. The van der Waals surface area contributed by atoms with Crippen LogP contribution in [0.1, 0.15) is 59.4 Å². The number of aliphatic hydroxyl groups is 3. The van der Waals surface area contributed by atoms with Gasteiger partial charge in [-0.05, 0) is 83.3 Å². The number of hydrogen-bond donors (Lipinski definition) is 18. The van der Waals surface area contributed by atoms with E-state index < -0.39 is 201 Å². The van der Waals surface area contributed by atoms with Crippen LogP contribution in [0.2, 0.25) is 0 Å². The maximum Gasteiger partial charge on any atom is 0.386 e. The summed E-state index contributed by atoms with van der Waals surface area (Å²) >= 11 is 32.7. The summed E-state index contributed by atoms with van der Waals surface area (Å²) in [5.74, 6) is 2.47. The zero-order valence-electron chi connectivity index (χ0n) is 67.8. The van der Waals surface area contributed by atoms with Gasteiger partial charge >= 0.3 is 40.4 Å². The topological polar surface area (TPSA) is 777 Å². The molecule has 0 spiro atoms. The van der Waals surface area contributed by atoms with Crippen molar-refractivity contribution in [1.82, 2.24) is 108 Å². The number of thioether (sulfide) groups is 2. The molecule has 28 atom stereocenters. The molecule has 0 saturated carbocycles. The van der Waals surface area contributed by atoms with Crippen LogP contribution in [0.25, 0.3) is 55.8 Å². The highest BCUT2D eigenvalue weighted by Crippen LogP contribution is 2.63. The largest absolute Gasteiger partial charge is 0.398 e. The number of anilines is 6. The molecule has 6 bridgehead atoms. The fourth-order valence-electron chi connectivity index (χ4n) is 16.2. The Kier molecular flexibility index (Phi) is 26.4. The van der Waals surface area contributed by atoms with E-state index in [0.717, 1.165) is 34.4 Å². The van der Waals surface area contributed by atoms with Gasteiger partial charge in [-0.1, -0.05) is 28.6 Å². The highest BCUT2D eigenvalue weighted by atomic mass is 32.7. The summed E-state index contributed by atoms with van der Waals surface area (Å²) in [6, 6.07) is 6.43. The van der Waals surface area contributed by atoms with E-state index in [1.165, 1.54) is 41.6 Å². The molecule has 71 heteroatoms. The summed E-state index contributed by atoms with van der Waals surface area (Å²) in [6.07, 6.45) is -4.72. The third-order valence-electron chi connectivity index (χ3n) is 22.4. The van der Waals surface area contributed by atoms with Gasteiger partial charge in [0.25, 0.3) is 16.7 Å². The van der Waals surface area contributed by atoms with Crippen molar-refractivity contribution in [2.24, 2.45) is 0 Å². The molecule has 0 aromatic carbocycles. The highest BCUT2D eigenvalue weighted by molar-refractivity contribution is 8.44. The third kappa shape index (κ3) is 19.0. The maximum absolute atomic E-state index is 16.0. The first-order chi connectivity index (χ1) is 64.0. The van der Waals surface area contributed by atoms with E-state index in [4.69, 9.17) is 173 Å². The van der Waals surface area contributed by atoms with Gasteiger partial charge in [0.05, 0.1) is 105 Å². The number of fused-ring (bicyclic) bond motifs is 15. The Morgan fingerprint density at radius 1 is 0.526 bits per heavy atom. The Labute approximate surface area is 791 Å². The molecule has 9 aliphatic heterocycles. The number of aromatic amines is 3. The lowest BCUT2D eigenvalue weighted by Gasteiger charge is -2.33. The summed E-state index contributed by atoms with van der Waals surface area (Å²) in [7, 11) is 0. The maximum atomic E-state index is 16.0. The van der Waals surface area contributed by atoms with Gasteiger partial charge < -0.3 is 129 Å². The Bertz CT molecular complexity index is 6960. The Morgan fingerprint density at radius 3 is 1.54 bits per heavy atom. The van der Waals surface area contributed by atoms with Crippen molar-refractivity contribution in [3.8, 4) is 12.3 Å². The molecule has 0 amide bonds. The lowest BCUT2D eigenvalue weighted by Crippen LogP contribution is -2.47. The molecule has 722 valence electrons. The minimum Gasteiger partial charge on any atom is -0.398 e. The lowest BCUT2D eigenvalue weighted by atomic mass is 9.97. The number of ether oxygens (including phenoxy) is 4. The number of halogens is 1. The van der Waals surface area contributed by atoms with E-state index >= 15 is 4.39 Å². The highest BCUT2D eigenvalue weighted by Gasteiger charge is 2.61. The molecule has 0 radical (unpaired) electrons. The second-order valence-electron chi connectivity index (χ2n) is 30.9. The van der Waals surface area contributed by atoms with E-state index in [9.17, 15) is 58.7 Å². The van der Waals surface area contributed by atoms with Crippen molar-refractivity contribution in [1.29, 1.82) is 0 Å². The smallest absolute Gasteiger partial charge is 0.386 e. The molecule has 12 aromatic rings. The molecule has 56 nitrogen and oxygen atoms in total. The normalized spacial score (nSPS) is 37.1. The number of H-pyrrole nitrogens is 3. The zero-order valence-corrected chi connectivity index (χ0v) is 79.8. The number of aromatic nitrogens is 22. The van der Waals surface area contributed by atoms with Gasteiger partial charge in [0, 0.05) is 59.8 Å². The predicted octanol–water partition coefficient (Wildman–Crippen LogP) is -0.142. The number of nitrogens with zero attached hydrogens (tertiary/aromatic N) is 19. The Hall–Kier alpha value is -7.30. The van der Waals surface area contributed by atoms with Crippen molar-refractivity contribution in [2.75, 3.05) is 74.0 Å². The Morgan fingerprint density at radius 2 is 0.993 bits per heavy atom. The minimum atomic E-state index is -4.44. The second kappa shape index (κ2) is 37.0. The van der Waals surface area contributed by atoms with Gasteiger partial charge in [0.1, 0.15) is 76.9 Å². The fraction of sp³-hybridized carbons (Fsp3) is 0.469. The summed E-state index contributed by atoms with van der Waals surface area (Å²) in [4.78, 5) is 129. The Balaban J connectivity index is 0.000000130. The van der Waals surface area contributed by atoms with Crippen molar-refractivity contribution >= 4 is 226 Å². The standard InChI is InChI=1S/C24H25FN8O10P2S2.2C20H24N10O9P2S3/c1-2-24-8-39-45(37,47)42-16-13(25)12(40-22(16)33-9-29-14-19(33)30-23(27)31-20(14)35)7-38-44(36,46)43-17(24)15(34)21(41-24)32-6-4-10-11(26)3-5-28-18(10)32;2*21-12-1-2-23-16-7(4-24-29(12)16)8-3-9-10(37-8)5-35-41(34,43)39-15-14(31)11(6-36-40(33,42)38-9)44-19(15)30-17-13(27-28-30)18(32)26-20(22)25-17/h1,3-6,9,12-13,15-17,21-22,34H,7-8H2,(H2,26,28)(H,36,46)(H,37,47)(H3,27,30,31,35);2*1-2,4,8-11,14-15,19,31H,3,5-6,21H2,(H,33,42)(H,34,43)(H3,22,25,26,32)/t12-,13-,15-,16-,17+,21-,22-,24-,44?,45?;2*8-,9+,10-,11-,14-,15-,19-,40?,41?/m111/s1. The van der Waals surface area contributed by atoms with Gasteiger partial charge in [-0.25, -0.2) is 38.3 Å². The van der Waals surface area contributed by atoms with E-state index in [1.807, 2.05) is 0 Å². The molecule has 9 aliphatic rings. The van der Waals surface area contributed by atoms with Crippen LogP contribution >= 0.6 is 76.2 Å². The SMILES string of the molecule is C#C[C@@]12COP(O)(=S)O[C@@H]3[C@H](F)[C@@H](COP(O)(=S)O[C@H]1[C@@H](O)[C@H](n1ccc4c(N)ccnc41)O2)O[C@H]3n1cnc2c(=O)[nH]c(N)nc21.Nc1nc2c(nnn2[C@@H]2S[C@@H]3COP(O)(=S)O[C@H]4C[C@H](c5cnn6c(N)ccnc56)O[C@@H]4COP(=O)(S)O[C@@H]2[C@@H]3O)c(=O)[nH]1.Nc1nc2c(nnn2[C@@H]2S[C@@H]3COP(O)(=S)O[C@H]4C[C@H](c5cnn6c(N)ccnc56)O[C@@H]4COP(O)(=S)O[C@@H]2[C@@H]3O)c(=O)[nH]1. The number of rotatable bonds is 6. The van der Waals surface area contributed by atoms with Gasteiger partial charge in [0.15, 0.2) is 69.0 Å². The molecule has 135 heavy (non-hydrogen) atoms. The average molecular weight is 2140 g/mol. The number of nitrogen functional groups attached to an aromatic ring is 6. The fourth-order valence-corrected chi connectivity index (χ4v) is 28.2. The number of hydrogen-bond acceptors (Lipinski definition) is 49. The number of pyridine rings is 1. The first-order valence-electron chi connectivity index (χ1n) is 39.4. The molecule has 9 fully saturated rings. The number of nitrogens with two attached hydrogens (primary N) is 6. The molecular formula is C64H73FN28O28P6S8. The van der Waals surface area contributed by atoms with Gasteiger partial charge in [-0.2, -0.15) is 34.2 Å². The van der Waals surface area contributed by atoms with Crippen LogP contribution in [-0.2, 0) is 137 Å². The van der Waals surface area contributed by atoms with E-state index in [1.54, 1.807) is 42.9 Å². The minimum absolute atomic E-state index is 0.00469. The molecular weight excluding hydrogens is 2070 g/mol. The van der Waals surface area contributed by atoms with Crippen LogP contribution in [0, 0.1) is 12.3 Å². The molecule has 0 aliphatic carbocycles. The number of aliphatic hydroxyl groups excluding tert-OH is 3. The summed E-state index contributed by atoms with van der Waals surface area (Å²) in [6.45, 7) is -27.7. The van der Waals surface area contributed by atoms with Crippen molar-refractivity contribution < 1.29 is 122 Å². The van der Waals surface area contributed by atoms with Crippen molar-refractivity contribution in [3.63, 3.8) is 0 Å². The first-order valence-corrected chi connectivity index (χ1v) is 56.9. The van der Waals surface area contributed by atoms with E-state index in [2.05, 4.69) is 98.8 Å². The van der Waals surface area contributed by atoms with Crippen LogP contribution in [-0.4, -0.2) is 283 Å². The average Bonchev–Trinajstić information content (AvgIpc) is 1.57. The van der Waals surface area contributed by atoms with E-state index in [0.29, 0.717) is 50.8 Å². The van der Waals surface area contributed by atoms with Crippen LogP contribution in [0.5, 0.6) is 0 Å². The van der Waals surface area contributed by atoms with Crippen molar-refractivity contribution in [3.05, 3.63) is 110 Å². The molecule has 9 saturated heterocycles. The van der Waals surface area contributed by atoms with Gasteiger partial charge in [0.2, 0.25) is 17.8 Å². The molecule has 21 rings (SSSR count). The summed E-state index contributed by atoms with van der Waals surface area (Å²) in [5, 5.41) is 55.3. The van der Waals surface area contributed by atoms with Gasteiger partial charge in [-0.3, -0.25) is 56.5 Å². The van der Waals surface area contributed by atoms with Crippen LogP contribution in [0.3, 0.4) is 0 Å². The lowest BCUT2D eigenvalue weighted by molar-refractivity contribution is -0.0910. The monoisotopic (exact) mass is 2140 g/mol. The molecule has 6 unspecified atom stereocenters. The summed E-state index contributed by atoms with van der Waals surface area (Å²) < 4.78 is 130. The zero-order chi connectivity index (χ0) is 95.4. The number of terminal acetylenes is 1. The van der Waals surface area contributed by atoms with Crippen LogP contribution in [0.15, 0.2) is 82.2 Å².